The van der Waals surface area contributed by atoms with E-state index in [4.69, 9.17) is 23.1 Å². The first kappa shape index (κ1) is 21.5. The maximum absolute atomic E-state index is 13.7. The third-order valence-corrected chi connectivity index (χ3v) is 6.63. The van der Waals surface area contributed by atoms with Crippen molar-refractivity contribution >= 4 is 63.3 Å². The van der Waals surface area contributed by atoms with Gasteiger partial charge in [0.1, 0.15) is 10.1 Å². The number of rotatable bonds is 8. The molecule has 2 heterocycles. The lowest BCUT2D eigenvalue weighted by molar-refractivity contribution is -0.137. The number of thioether (sulfide) groups is 1. The second kappa shape index (κ2) is 9.51. The number of anilines is 1. The molecule has 29 heavy (non-hydrogen) atoms. The van der Waals surface area contributed by atoms with Crippen molar-refractivity contribution in [1.29, 1.82) is 0 Å². The minimum absolute atomic E-state index is 0.107. The van der Waals surface area contributed by atoms with E-state index in [0.29, 0.717) is 28.6 Å². The Labute approximate surface area is 181 Å². The van der Waals surface area contributed by atoms with Crippen LogP contribution in [0.15, 0.2) is 34.6 Å². The Morgan fingerprint density at radius 1 is 1.24 bits per heavy atom. The Morgan fingerprint density at radius 3 is 2.76 bits per heavy atom. The summed E-state index contributed by atoms with van der Waals surface area (Å²) in [6.07, 6.45) is 3.96. The van der Waals surface area contributed by atoms with Crippen molar-refractivity contribution in [3.8, 4) is 11.1 Å². The number of nitrogens with zero attached hydrogens (tertiary/aromatic N) is 1. The molecule has 0 saturated carbocycles. The van der Waals surface area contributed by atoms with E-state index in [1.807, 2.05) is 11.4 Å². The number of nitrogen functional groups attached to an aromatic ring is 1. The van der Waals surface area contributed by atoms with E-state index in [1.165, 1.54) is 35.2 Å². The molecular weight excluding hydrogens is 431 g/mol. The minimum Gasteiger partial charge on any atom is -0.481 e. The zero-order chi connectivity index (χ0) is 21.0. The Bertz CT molecular complexity index is 987. The fourth-order valence-corrected chi connectivity index (χ4v) is 5.05. The second-order valence-electron chi connectivity index (χ2n) is 6.51. The first-order valence-electron chi connectivity index (χ1n) is 8.96. The predicted molar refractivity (Wildman–Crippen MR) is 120 cm³/mol. The lowest BCUT2D eigenvalue weighted by atomic mass is 10.1. The fourth-order valence-electron chi connectivity index (χ4n) is 2.83. The number of carbonyl (C=O) groups is 2. The maximum Gasteiger partial charge on any atom is 0.303 e. The first-order chi connectivity index (χ1) is 13.8. The van der Waals surface area contributed by atoms with E-state index < -0.39 is 11.8 Å². The van der Waals surface area contributed by atoms with Gasteiger partial charge in [-0.15, -0.1) is 11.3 Å². The summed E-state index contributed by atoms with van der Waals surface area (Å²) in [5.74, 6) is -1.40. The van der Waals surface area contributed by atoms with Gasteiger partial charge in [-0.3, -0.25) is 14.5 Å². The van der Waals surface area contributed by atoms with E-state index in [2.05, 4.69) is 0 Å². The van der Waals surface area contributed by atoms with Crippen molar-refractivity contribution in [1.82, 2.24) is 4.90 Å². The fraction of sp³-hybridized carbons (Fsp3) is 0.250. The van der Waals surface area contributed by atoms with Crippen LogP contribution in [0.1, 0.15) is 30.6 Å². The molecule has 0 bridgehead atoms. The average Bonchev–Trinajstić information content (AvgIpc) is 3.23. The molecule has 1 saturated heterocycles. The van der Waals surface area contributed by atoms with E-state index in [9.17, 15) is 14.0 Å². The number of carboxylic acids is 1. The molecule has 0 spiro atoms. The smallest absolute Gasteiger partial charge is 0.303 e. The third kappa shape index (κ3) is 5.43. The summed E-state index contributed by atoms with van der Waals surface area (Å²) < 4.78 is 14.2. The summed E-state index contributed by atoms with van der Waals surface area (Å²) in [7, 11) is 0. The summed E-state index contributed by atoms with van der Waals surface area (Å²) in [5, 5.41) is 10.6. The van der Waals surface area contributed by atoms with Crippen LogP contribution < -0.4 is 5.73 Å². The molecule has 3 N–H and O–H groups in total. The van der Waals surface area contributed by atoms with Gasteiger partial charge in [-0.1, -0.05) is 36.5 Å². The number of aliphatic carboxylic acids is 1. The molecule has 1 aliphatic rings. The van der Waals surface area contributed by atoms with Gasteiger partial charge in [0.2, 0.25) is 0 Å². The molecule has 0 aliphatic carbocycles. The summed E-state index contributed by atoms with van der Waals surface area (Å²) in [6.45, 7) is 0.488. The standard InChI is InChI=1S/C20H19FN2O3S3/c21-15-9-12(5-6-16(15)22)13-8-14(28-11-13)10-17-19(26)23(20(27)29-17)7-3-1-2-4-18(24)25/h5-6,8-11H,1-4,7,22H2,(H,24,25)/b17-10-. The number of nitrogens with two attached hydrogens (primary N) is 1. The van der Waals surface area contributed by atoms with E-state index >= 15 is 0 Å². The predicted octanol–water partition coefficient (Wildman–Crippen LogP) is 4.98. The number of carbonyl (C=O) groups excluding carboxylic acids is 1. The minimum atomic E-state index is -0.810. The molecule has 2 aromatic rings. The van der Waals surface area contributed by atoms with Gasteiger partial charge < -0.3 is 10.8 Å². The highest BCUT2D eigenvalue weighted by molar-refractivity contribution is 8.26. The van der Waals surface area contributed by atoms with Gasteiger partial charge in [-0.25, -0.2) is 4.39 Å². The van der Waals surface area contributed by atoms with Crippen LogP contribution in [-0.4, -0.2) is 32.7 Å². The molecule has 3 rings (SSSR count). The number of thiocarbonyl (C=S) groups is 1. The zero-order valence-electron chi connectivity index (χ0n) is 15.4. The summed E-state index contributed by atoms with van der Waals surface area (Å²) in [6, 6.07) is 6.58. The molecule has 1 fully saturated rings. The highest BCUT2D eigenvalue weighted by atomic mass is 32.2. The second-order valence-corrected chi connectivity index (χ2v) is 9.13. The average molecular weight is 451 g/mol. The number of carboxylic acid groups (broad SMARTS) is 1. The van der Waals surface area contributed by atoms with Crippen LogP contribution in [0.3, 0.4) is 0 Å². The van der Waals surface area contributed by atoms with Gasteiger partial charge in [-0.05, 0) is 53.6 Å². The molecule has 5 nitrogen and oxygen atoms in total. The number of unbranched alkanes of at least 4 members (excludes halogenated alkanes) is 2. The first-order valence-corrected chi connectivity index (χ1v) is 11.1. The van der Waals surface area contributed by atoms with Gasteiger partial charge >= 0.3 is 5.97 Å². The maximum atomic E-state index is 13.7. The van der Waals surface area contributed by atoms with Crippen molar-refractivity contribution in [2.75, 3.05) is 12.3 Å². The summed E-state index contributed by atoms with van der Waals surface area (Å²) >= 11 is 8.04. The Hall–Kier alpha value is -2.23. The van der Waals surface area contributed by atoms with E-state index in [1.54, 1.807) is 17.0 Å². The monoisotopic (exact) mass is 450 g/mol. The number of thiophene rings is 1. The molecule has 1 aromatic heterocycles. The van der Waals surface area contributed by atoms with Crippen molar-refractivity contribution in [2.45, 2.75) is 25.7 Å². The van der Waals surface area contributed by atoms with Crippen LogP contribution >= 0.6 is 35.3 Å². The normalized spacial score (nSPS) is 15.5. The van der Waals surface area contributed by atoms with Crippen LogP contribution in [0.25, 0.3) is 17.2 Å². The van der Waals surface area contributed by atoms with Crippen molar-refractivity contribution in [2.24, 2.45) is 0 Å². The molecular formula is C20H19FN2O3S3. The Kier molecular flexibility index (Phi) is 7.05. The van der Waals surface area contributed by atoms with Gasteiger partial charge in [0, 0.05) is 17.8 Å². The third-order valence-electron chi connectivity index (χ3n) is 4.37. The zero-order valence-corrected chi connectivity index (χ0v) is 17.8. The number of halogens is 1. The summed E-state index contributed by atoms with van der Waals surface area (Å²) in [5.41, 5.74) is 7.21. The number of hydrogen-bond acceptors (Lipinski definition) is 6. The Morgan fingerprint density at radius 2 is 2.03 bits per heavy atom. The van der Waals surface area contributed by atoms with Crippen molar-refractivity contribution in [3.63, 3.8) is 0 Å². The molecule has 1 aromatic carbocycles. The Balaban J connectivity index is 1.64. The topological polar surface area (TPSA) is 83.6 Å². The SMILES string of the molecule is Nc1ccc(-c2csc(/C=C3\SC(=S)N(CCCCCC(=O)O)C3=O)c2)cc1F. The van der Waals surface area contributed by atoms with Crippen LogP contribution in [0.4, 0.5) is 10.1 Å². The van der Waals surface area contributed by atoms with Gasteiger partial charge in [0.15, 0.2) is 0 Å². The van der Waals surface area contributed by atoms with E-state index in [-0.39, 0.29) is 18.0 Å². The van der Waals surface area contributed by atoms with Gasteiger partial charge in [0.25, 0.3) is 5.91 Å². The molecule has 0 unspecified atom stereocenters. The van der Waals surface area contributed by atoms with Crippen LogP contribution in [0, 0.1) is 5.82 Å². The number of hydrogen-bond donors (Lipinski definition) is 2. The molecule has 0 radical (unpaired) electrons. The highest BCUT2D eigenvalue weighted by Gasteiger charge is 2.31. The van der Waals surface area contributed by atoms with E-state index in [0.717, 1.165) is 22.4 Å². The molecule has 1 aliphatic heterocycles. The largest absolute Gasteiger partial charge is 0.481 e. The number of benzene rings is 1. The molecule has 9 heteroatoms. The summed E-state index contributed by atoms with van der Waals surface area (Å²) in [4.78, 5) is 26.2. The quantitative estimate of drug-likeness (QED) is 0.255. The molecule has 0 atom stereocenters. The molecule has 152 valence electrons. The lowest BCUT2D eigenvalue weighted by Crippen LogP contribution is -2.29. The highest BCUT2D eigenvalue weighted by Crippen LogP contribution is 2.35. The van der Waals surface area contributed by atoms with Crippen molar-refractivity contribution < 1.29 is 19.1 Å². The van der Waals surface area contributed by atoms with Crippen LogP contribution in [0.5, 0.6) is 0 Å². The van der Waals surface area contributed by atoms with Crippen molar-refractivity contribution in [3.05, 3.63) is 45.2 Å². The van der Waals surface area contributed by atoms with Gasteiger partial charge in [0.05, 0.1) is 10.6 Å². The number of amides is 1. The van der Waals surface area contributed by atoms with Crippen LogP contribution in [-0.2, 0) is 9.59 Å². The molecule has 1 amide bonds. The van der Waals surface area contributed by atoms with Gasteiger partial charge in [-0.2, -0.15) is 0 Å². The lowest BCUT2D eigenvalue weighted by Gasteiger charge is -2.13. The van der Waals surface area contributed by atoms with Crippen LogP contribution in [0.2, 0.25) is 0 Å².